The highest BCUT2D eigenvalue weighted by molar-refractivity contribution is 6.05. The third kappa shape index (κ3) is 2.50. The van der Waals surface area contributed by atoms with Gasteiger partial charge >= 0.3 is 0 Å². The van der Waals surface area contributed by atoms with Crippen LogP contribution in [0.1, 0.15) is 19.8 Å². The first-order valence-corrected chi connectivity index (χ1v) is 6.18. The fourth-order valence-corrected chi connectivity index (χ4v) is 2.36. The van der Waals surface area contributed by atoms with Crippen LogP contribution in [0.2, 0.25) is 0 Å². The number of carbonyl (C=O) groups is 3. The van der Waals surface area contributed by atoms with Gasteiger partial charge in [-0.05, 0) is 25.0 Å². The van der Waals surface area contributed by atoms with Gasteiger partial charge in [-0.25, -0.2) is 0 Å². The quantitative estimate of drug-likeness (QED) is 0.600. The molecule has 0 spiro atoms. The smallest absolute Gasteiger partial charge is 0.254 e. The van der Waals surface area contributed by atoms with E-state index >= 15 is 0 Å². The molecule has 0 aromatic heterocycles. The topological polar surface area (TPSA) is 66.5 Å². The molecule has 1 atom stereocenters. The molecule has 0 aliphatic carbocycles. The third-order valence-corrected chi connectivity index (χ3v) is 3.34. The maximum Gasteiger partial charge on any atom is 0.254 e. The van der Waals surface area contributed by atoms with E-state index in [0.717, 1.165) is 5.57 Å². The Kier molecular flexibility index (Phi) is 3.64. The number of rotatable bonds is 3. The van der Waals surface area contributed by atoms with E-state index in [2.05, 4.69) is 11.9 Å². The number of nitrogens with zero attached hydrogens (tertiary/aromatic N) is 1. The van der Waals surface area contributed by atoms with Gasteiger partial charge < -0.3 is 4.90 Å². The summed E-state index contributed by atoms with van der Waals surface area (Å²) in [6.45, 7) is 5.87. The highest BCUT2D eigenvalue weighted by Crippen LogP contribution is 2.25. The zero-order valence-corrected chi connectivity index (χ0v) is 10.8. The monoisotopic (exact) mass is 260 g/mol. The van der Waals surface area contributed by atoms with Gasteiger partial charge in [0.1, 0.15) is 6.04 Å². The van der Waals surface area contributed by atoms with Crippen molar-refractivity contribution >= 4 is 17.7 Å². The molecule has 2 heterocycles. The van der Waals surface area contributed by atoms with E-state index in [9.17, 15) is 14.4 Å². The number of allylic oxidation sites excluding steroid dienone is 2. The average molecular weight is 260 g/mol. The molecule has 1 N–H and O–H groups in total. The van der Waals surface area contributed by atoms with E-state index in [1.165, 1.54) is 4.90 Å². The number of amides is 3. The molecule has 1 unspecified atom stereocenters. The Labute approximate surface area is 111 Å². The van der Waals surface area contributed by atoms with Crippen molar-refractivity contribution in [2.24, 2.45) is 0 Å². The predicted octanol–water partition coefficient (Wildman–Crippen LogP) is 0.692. The van der Waals surface area contributed by atoms with Gasteiger partial charge in [0, 0.05) is 18.5 Å². The van der Waals surface area contributed by atoms with E-state index in [1.54, 1.807) is 18.2 Å². The van der Waals surface area contributed by atoms with Crippen molar-refractivity contribution in [3.63, 3.8) is 0 Å². The number of hydrogen-bond acceptors (Lipinski definition) is 3. The van der Waals surface area contributed by atoms with Crippen molar-refractivity contribution in [2.45, 2.75) is 25.8 Å². The standard InChI is InChI=1S/C14H16N2O3/c1-3-4-5-10-9(2)8-16(14(10)19)11-6-7-12(17)15-13(11)18/h3-5,11H,1,6-8H2,2H3,(H,15,17,18)/b5-4-. The number of piperidine rings is 1. The Morgan fingerprint density at radius 1 is 1.37 bits per heavy atom. The molecule has 2 aliphatic rings. The number of carbonyl (C=O) groups excluding carboxylic acids is 3. The molecule has 0 radical (unpaired) electrons. The zero-order valence-electron chi connectivity index (χ0n) is 10.8. The van der Waals surface area contributed by atoms with Gasteiger partial charge in [-0.1, -0.05) is 18.7 Å². The largest absolute Gasteiger partial charge is 0.323 e. The van der Waals surface area contributed by atoms with Gasteiger partial charge in [0.2, 0.25) is 11.8 Å². The second-order valence-corrected chi connectivity index (χ2v) is 4.69. The Bertz CT molecular complexity index is 517. The van der Waals surface area contributed by atoms with Crippen LogP contribution in [0.25, 0.3) is 0 Å². The molecule has 0 aromatic rings. The molecule has 2 rings (SSSR count). The summed E-state index contributed by atoms with van der Waals surface area (Å²) in [5.41, 5.74) is 1.53. The van der Waals surface area contributed by atoms with Crippen LogP contribution in [0.5, 0.6) is 0 Å². The van der Waals surface area contributed by atoms with Gasteiger partial charge in [0.05, 0.1) is 0 Å². The van der Waals surface area contributed by atoms with Crippen molar-refractivity contribution in [1.82, 2.24) is 10.2 Å². The van der Waals surface area contributed by atoms with Crippen LogP contribution < -0.4 is 5.32 Å². The second-order valence-electron chi connectivity index (χ2n) is 4.69. The molecule has 1 fully saturated rings. The molecule has 100 valence electrons. The molecule has 3 amide bonds. The van der Waals surface area contributed by atoms with Crippen molar-refractivity contribution in [1.29, 1.82) is 0 Å². The Hall–Kier alpha value is -2.17. The van der Waals surface area contributed by atoms with E-state index < -0.39 is 6.04 Å². The SMILES string of the molecule is C=C/C=C\C1=C(C)CN(C2CCC(=O)NC2=O)C1=O. The minimum atomic E-state index is -0.546. The first-order chi connectivity index (χ1) is 9.04. The van der Waals surface area contributed by atoms with Crippen LogP contribution >= 0.6 is 0 Å². The van der Waals surface area contributed by atoms with E-state index in [4.69, 9.17) is 0 Å². The summed E-state index contributed by atoms with van der Waals surface area (Å²) >= 11 is 0. The minimum Gasteiger partial charge on any atom is -0.323 e. The average Bonchev–Trinajstić information content (AvgIpc) is 2.63. The van der Waals surface area contributed by atoms with Crippen LogP contribution in [-0.4, -0.2) is 35.2 Å². The molecule has 1 saturated heterocycles. The summed E-state index contributed by atoms with van der Waals surface area (Å²) < 4.78 is 0. The van der Waals surface area contributed by atoms with Crippen LogP contribution in [0, 0.1) is 0 Å². The summed E-state index contributed by atoms with van der Waals surface area (Å²) in [4.78, 5) is 36.7. The molecule has 0 bridgehead atoms. The van der Waals surface area contributed by atoms with Crippen LogP contribution in [-0.2, 0) is 14.4 Å². The number of imide groups is 1. The van der Waals surface area contributed by atoms with E-state index in [-0.39, 0.29) is 24.1 Å². The van der Waals surface area contributed by atoms with Gasteiger partial charge in [0.25, 0.3) is 5.91 Å². The zero-order chi connectivity index (χ0) is 14.0. The third-order valence-electron chi connectivity index (χ3n) is 3.34. The predicted molar refractivity (Wildman–Crippen MR) is 69.9 cm³/mol. The first-order valence-electron chi connectivity index (χ1n) is 6.18. The fraction of sp³-hybridized carbons (Fsp3) is 0.357. The molecule has 2 aliphatic heterocycles. The second kappa shape index (κ2) is 5.22. The van der Waals surface area contributed by atoms with Crippen LogP contribution in [0.15, 0.2) is 36.0 Å². The first kappa shape index (κ1) is 13.3. The lowest BCUT2D eigenvalue weighted by Gasteiger charge is -2.29. The summed E-state index contributed by atoms with van der Waals surface area (Å²) in [7, 11) is 0. The normalized spacial score (nSPS) is 24.4. The highest BCUT2D eigenvalue weighted by Gasteiger charge is 2.38. The Morgan fingerprint density at radius 2 is 2.11 bits per heavy atom. The maximum absolute atomic E-state index is 12.3. The van der Waals surface area contributed by atoms with Gasteiger partial charge in [-0.15, -0.1) is 0 Å². The van der Waals surface area contributed by atoms with Crippen molar-refractivity contribution in [3.05, 3.63) is 36.0 Å². The van der Waals surface area contributed by atoms with E-state index in [1.807, 2.05) is 6.92 Å². The van der Waals surface area contributed by atoms with Gasteiger partial charge in [0.15, 0.2) is 0 Å². The Morgan fingerprint density at radius 3 is 2.74 bits per heavy atom. The summed E-state index contributed by atoms with van der Waals surface area (Å²) in [6, 6.07) is -0.546. The molecule has 5 nitrogen and oxygen atoms in total. The molecule has 0 saturated carbocycles. The van der Waals surface area contributed by atoms with Crippen molar-refractivity contribution < 1.29 is 14.4 Å². The Balaban J connectivity index is 2.15. The lowest BCUT2D eigenvalue weighted by molar-refractivity contribution is -0.142. The fourth-order valence-electron chi connectivity index (χ4n) is 2.36. The van der Waals surface area contributed by atoms with Crippen LogP contribution in [0.4, 0.5) is 0 Å². The summed E-state index contributed by atoms with van der Waals surface area (Å²) in [6.07, 6.45) is 5.67. The molecule has 5 heteroatoms. The molecule has 0 aromatic carbocycles. The molecule has 19 heavy (non-hydrogen) atoms. The van der Waals surface area contributed by atoms with Crippen molar-refractivity contribution in [2.75, 3.05) is 6.54 Å². The van der Waals surface area contributed by atoms with Crippen LogP contribution in [0.3, 0.4) is 0 Å². The van der Waals surface area contributed by atoms with E-state index in [0.29, 0.717) is 18.5 Å². The highest BCUT2D eigenvalue weighted by atomic mass is 16.2. The number of nitrogens with one attached hydrogen (secondary N) is 1. The molecular weight excluding hydrogens is 244 g/mol. The summed E-state index contributed by atoms with van der Waals surface area (Å²) in [5.74, 6) is -0.819. The lowest BCUT2D eigenvalue weighted by Crippen LogP contribution is -2.53. The lowest BCUT2D eigenvalue weighted by atomic mass is 10.0. The van der Waals surface area contributed by atoms with Gasteiger partial charge in [-0.3, -0.25) is 19.7 Å². The molecular formula is C14H16N2O3. The van der Waals surface area contributed by atoms with Gasteiger partial charge in [-0.2, -0.15) is 0 Å². The minimum absolute atomic E-state index is 0.162. The maximum atomic E-state index is 12.3. The summed E-state index contributed by atoms with van der Waals surface area (Å²) in [5, 5.41) is 2.28. The van der Waals surface area contributed by atoms with Crippen molar-refractivity contribution in [3.8, 4) is 0 Å². The number of hydrogen-bond donors (Lipinski definition) is 1.